The summed E-state index contributed by atoms with van der Waals surface area (Å²) in [6.07, 6.45) is 0.876. The Morgan fingerprint density at radius 3 is 2.00 bits per heavy atom. The van der Waals surface area contributed by atoms with Crippen molar-refractivity contribution in [3.8, 4) is 0 Å². The Balaban J connectivity index is 1.39. The lowest BCUT2D eigenvalue weighted by Gasteiger charge is -2.09. The molecule has 0 spiro atoms. The van der Waals surface area contributed by atoms with Gasteiger partial charge in [0.2, 0.25) is 5.91 Å². The topological polar surface area (TPSA) is 70.2 Å². The molecule has 0 fully saturated rings. The van der Waals surface area contributed by atoms with E-state index in [0.717, 1.165) is 18.5 Å². The molecule has 5 heteroatoms. The van der Waals surface area contributed by atoms with Crippen LogP contribution < -0.4 is 16.0 Å². The average molecular weight is 387 g/mol. The van der Waals surface area contributed by atoms with Crippen LogP contribution in [0.2, 0.25) is 0 Å². The summed E-state index contributed by atoms with van der Waals surface area (Å²) < 4.78 is 0. The third kappa shape index (κ3) is 6.90. The normalized spacial score (nSPS) is 10.3. The highest BCUT2D eigenvalue weighted by molar-refractivity contribution is 5.96. The van der Waals surface area contributed by atoms with Gasteiger partial charge >= 0.3 is 0 Å². The number of anilines is 1. The predicted octanol–water partition coefficient (Wildman–Crippen LogP) is 3.39. The number of carbonyl (C=O) groups is 2. The van der Waals surface area contributed by atoms with Crippen molar-refractivity contribution in [2.75, 3.05) is 18.4 Å². The Hall–Kier alpha value is -3.44. The van der Waals surface area contributed by atoms with Gasteiger partial charge in [-0.1, -0.05) is 60.7 Å². The van der Waals surface area contributed by atoms with E-state index in [1.807, 2.05) is 48.5 Å². The number of benzene rings is 3. The maximum Gasteiger partial charge on any atom is 0.251 e. The highest BCUT2D eigenvalue weighted by Crippen LogP contribution is 2.10. The zero-order valence-electron chi connectivity index (χ0n) is 16.2. The molecule has 0 aliphatic carbocycles. The van der Waals surface area contributed by atoms with Crippen molar-refractivity contribution in [3.05, 3.63) is 102 Å². The van der Waals surface area contributed by atoms with E-state index in [9.17, 15) is 9.59 Å². The fraction of sp³-hybridized carbons (Fsp3) is 0.167. The molecular formula is C24H25N3O2. The van der Waals surface area contributed by atoms with E-state index in [-0.39, 0.29) is 18.4 Å². The fourth-order valence-electron chi connectivity index (χ4n) is 2.87. The fourth-order valence-corrected chi connectivity index (χ4v) is 2.87. The zero-order valence-corrected chi connectivity index (χ0v) is 16.2. The van der Waals surface area contributed by atoms with Gasteiger partial charge in [-0.2, -0.15) is 0 Å². The molecule has 3 N–H and O–H groups in total. The summed E-state index contributed by atoms with van der Waals surface area (Å²) in [7, 11) is 0. The number of hydrogen-bond acceptors (Lipinski definition) is 3. The van der Waals surface area contributed by atoms with Crippen molar-refractivity contribution in [2.24, 2.45) is 0 Å². The Labute approximate surface area is 171 Å². The lowest BCUT2D eigenvalue weighted by atomic mass is 10.1. The Morgan fingerprint density at radius 1 is 0.724 bits per heavy atom. The van der Waals surface area contributed by atoms with Crippen LogP contribution in [0.15, 0.2) is 84.9 Å². The van der Waals surface area contributed by atoms with Crippen LogP contribution in [-0.4, -0.2) is 24.9 Å². The monoisotopic (exact) mass is 387 g/mol. The van der Waals surface area contributed by atoms with Gasteiger partial charge in [-0.15, -0.1) is 0 Å². The number of nitrogens with one attached hydrogen (secondary N) is 3. The first kappa shape index (κ1) is 20.3. The second kappa shape index (κ2) is 10.8. The van der Waals surface area contributed by atoms with Crippen molar-refractivity contribution >= 4 is 17.5 Å². The number of amides is 2. The van der Waals surface area contributed by atoms with E-state index in [4.69, 9.17) is 0 Å². The van der Waals surface area contributed by atoms with Crippen LogP contribution in [0.5, 0.6) is 0 Å². The minimum absolute atomic E-state index is 0.112. The third-order valence-corrected chi connectivity index (χ3v) is 4.45. The van der Waals surface area contributed by atoms with Gasteiger partial charge < -0.3 is 16.0 Å². The van der Waals surface area contributed by atoms with Gasteiger partial charge in [-0.05, 0) is 48.4 Å². The van der Waals surface area contributed by atoms with E-state index < -0.39 is 0 Å². The SMILES string of the molecule is O=C(CNCCc1ccccc1)Nc1ccc(C(=O)NCc2ccccc2)cc1. The van der Waals surface area contributed by atoms with Gasteiger partial charge in [0.1, 0.15) is 0 Å². The molecule has 148 valence electrons. The summed E-state index contributed by atoms with van der Waals surface area (Å²) in [5.74, 6) is -0.256. The highest BCUT2D eigenvalue weighted by atomic mass is 16.2. The molecule has 3 rings (SSSR count). The van der Waals surface area contributed by atoms with Crippen LogP contribution in [0.4, 0.5) is 5.69 Å². The van der Waals surface area contributed by atoms with Crippen LogP contribution in [0, 0.1) is 0 Å². The van der Waals surface area contributed by atoms with Crippen molar-refractivity contribution in [1.29, 1.82) is 0 Å². The average Bonchev–Trinajstić information content (AvgIpc) is 2.77. The van der Waals surface area contributed by atoms with Gasteiger partial charge in [0.15, 0.2) is 0 Å². The maximum atomic E-state index is 12.2. The van der Waals surface area contributed by atoms with E-state index in [1.54, 1.807) is 24.3 Å². The number of hydrogen-bond donors (Lipinski definition) is 3. The lowest BCUT2D eigenvalue weighted by Crippen LogP contribution is -2.29. The molecule has 0 saturated carbocycles. The summed E-state index contributed by atoms with van der Waals surface area (Å²) in [4.78, 5) is 24.3. The first-order valence-electron chi connectivity index (χ1n) is 9.67. The van der Waals surface area contributed by atoms with Crippen LogP contribution in [0.25, 0.3) is 0 Å². The van der Waals surface area contributed by atoms with Crippen LogP contribution >= 0.6 is 0 Å². The summed E-state index contributed by atoms with van der Waals surface area (Å²) in [5, 5.41) is 8.86. The molecule has 2 amide bonds. The molecule has 5 nitrogen and oxygen atoms in total. The molecule has 0 aliphatic rings. The number of rotatable bonds is 9. The quantitative estimate of drug-likeness (QED) is 0.493. The number of carbonyl (C=O) groups excluding carboxylic acids is 2. The molecule has 0 aliphatic heterocycles. The molecule has 0 radical (unpaired) electrons. The zero-order chi connectivity index (χ0) is 20.3. The van der Waals surface area contributed by atoms with E-state index in [2.05, 4.69) is 28.1 Å². The van der Waals surface area contributed by atoms with E-state index >= 15 is 0 Å². The highest BCUT2D eigenvalue weighted by Gasteiger charge is 2.07. The van der Waals surface area contributed by atoms with E-state index in [0.29, 0.717) is 17.8 Å². The molecule has 0 unspecified atom stereocenters. The Bertz CT molecular complexity index is 910. The predicted molar refractivity (Wildman–Crippen MR) is 116 cm³/mol. The molecule has 3 aromatic rings. The Kier molecular flexibility index (Phi) is 7.55. The second-order valence-electron chi connectivity index (χ2n) is 6.71. The van der Waals surface area contributed by atoms with Crippen LogP contribution in [0.3, 0.4) is 0 Å². The van der Waals surface area contributed by atoms with Crippen molar-refractivity contribution in [1.82, 2.24) is 10.6 Å². The van der Waals surface area contributed by atoms with Crippen LogP contribution in [0.1, 0.15) is 21.5 Å². The summed E-state index contributed by atoms with van der Waals surface area (Å²) in [6.45, 7) is 1.46. The lowest BCUT2D eigenvalue weighted by molar-refractivity contribution is -0.115. The van der Waals surface area contributed by atoms with Gasteiger partial charge in [0.25, 0.3) is 5.91 Å². The van der Waals surface area contributed by atoms with Crippen molar-refractivity contribution in [3.63, 3.8) is 0 Å². The molecule has 3 aromatic carbocycles. The third-order valence-electron chi connectivity index (χ3n) is 4.45. The smallest absolute Gasteiger partial charge is 0.251 e. The molecule has 29 heavy (non-hydrogen) atoms. The van der Waals surface area contributed by atoms with Gasteiger partial charge in [-0.25, -0.2) is 0 Å². The molecular weight excluding hydrogens is 362 g/mol. The van der Waals surface area contributed by atoms with Crippen molar-refractivity contribution in [2.45, 2.75) is 13.0 Å². The van der Waals surface area contributed by atoms with Crippen LogP contribution in [-0.2, 0) is 17.8 Å². The second-order valence-corrected chi connectivity index (χ2v) is 6.71. The summed E-state index contributed by atoms with van der Waals surface area (Å²) >= 11 is 0. The first-order chi connectivity index (χ1) is 14.2. The summed E-state index contributed by atoms with van der Waals surface area (Å²) in [6, 6.07) is 26.8. The molecule has 0 bridgehead atoms. The van der Waals surface area contributed by atoms with Gasteiger partial charge in [-0.3, -0.25) is 9.59 Å². The minimum atomic E-state index is -0.144. The van der Waals surface area contributed by atoms with Crippen molar-refractivity contribution < 1.29 is 9.59 Å². The van der Waals surface area contributed by atoms with Gasteiger partial charge in [0, 0.05) is 17.8 Å². The molecule has 0 atom stereocenters. The molecule has 0 aromatic heterocycles. The first-order valence-corrected chi connectivity index (χ1v) is 9.67. The molecule has 0 heterocycles. The minimum Gasteiger partial charge on any atom is -0.348 e. The molecule has 0 saturated heterocycles. The van der Waals surface area contributed by atoms with Gasteiger partial charge in [0.05, 0.1) is 6.54 Å². The largest absolute Gasteiger partial charge is 0.348 e. The standard InChI is InChI=1S/C24H25N3O2/c28-23(18-25-16-15-19-7-3-1-4-8-19)27-22-13-11-21(12-14-22)24(29)26-17-20-9-5-2-6-10-20/h1-14,25H,15-18H2,(H,26,29)(H,27,28). The Morgan fingerprint density at radius 2 is 1.34 bits per heavy atom. The summed E-state index contributed by atoms with van der Waals surface area (Å²) in [5.41, 5.74) is 3.51. The van der Waals surface area contributed by atoms with E-state index in [1.165, 1.54) is 5.56 Å². The maximum absolute atomic E-state index is 12.2.